The average molecular weight is 177 g/mol. The van der Waals surface area contributed by atoms with Gasteiger partial charge in [-0.25, -0.2) is 0 Å². The minimum Gasteiger partial charge on any atom is -0.464 e. The lowest BCUT2D eigenvalue weighted by atomic mass is 10.2. The first kappa shape index (κ1) is 7.79. The van der Waals surface area contributed by atoms with Crippen LogP contribution in [0.1, 0.15) is 5.56 Å². The number of nitro benzene ring substituents is 1. The van der Waals surface area contributed by atoms with Crippen LogP contribution in [-0.4, -0.2) is 4.92 Å². The molecule has 0 saturated carbocycles. The summed E-state index contributed by atoms with van der Waals surface area (Å²) in [5.74, 6) is 0. The Morgan fingerprint density at radius 3 is 2.92 bits per heavy atom. The zero-order chi connectivity index (χ0) is 9.42. The Labute approximate surface area is 73.9 Å². The summed E-state index contributed by atoms with van der Waals surface area (Å²) in [6, 6.07) is 4.57. The maximum Gasteiger partial charge on any atom is 0.270 e. The normalized spacial score (nSPS) is 10.5. The summed E-state index contributed by atoms with van der Waals surface area (Å²) < 4.78 is 5.16. The minimum absolute atomic E-state index is 0.0944. The van der Waals surface area contributed by atoms with Crippen LogP contribution in [-0.2, 0) is 0 Å². The number of hydrogen-bond acceptors (Lipinski definition) is 3. The summed E-state index contributed by atoms with van der Waals surface area (Å²) >= 11 is 0. The fourth-order valence-corrected chi connectivity index (χ4v) is 1.26. The summed E-state index contributed by atoms with van der Waals surface area (Å²) in [6.07, 6.45) is 1.59. The molecule has 0 atom stereocenters. The molecule has 0 unspecified atom stereocenters. The van der Waals surface area contributed by atoms with Crippen LogP contribution in [0, 0.1) is 17.0 Å². The van der Waals surface area contributed by atoms with Gasteiger partial charge in [0.25, 0.3) is 5.69 Å². The summed E-state index contributed by atoms with van der Waals surface area (Å²) in [6.45, 7) is 1.86. The van der Waals surface area contributed by atoms with Crippen molar-refractivity contribution >= 4 is 16.7 Å². The summed E-state index contributed by atoms with van der Waals surface area (Å²) in [5.41, 5.74) is 1.69. The highest BCUT2D eigenvalue weighted by molar-refractivity contribution is 5.82. The van der Waals surface area contributed by atoms with Gasteiger partial charge in [0.1, 0.15) is 5.58 Å². The third-order valence-corrected chi connectivity index (χ3v) is 1.96. The molecule has 0 N–H and O–H groups in total. The zero-order valence-corrected chi connectivity index (χ0v) is 6.98. The first-order chi connectivity index (χ1) is 6.18. The van der Waals surface area contributed by atoms with Crippen molar-refractivity contribution in [3.8, 4) is 0 Å². The van der Waals surface area contributed by atoms with E-state index in [4.69, 9.17) is 4.42 Å². The van der Waals surface area contributed by atoms with Crippen molar-refractivity contribution in [1.29, 1.82) is 0 Å². The molecule has 4 nitrogen and oxygen atoms in total. The van der Waals surface area contributed by atoms with Crippen molar-refractivity contribution < 1.29 is 9.34 Å². The van der Waals surface area contributed by atoms with Crippen molar-refractivity contribution in [2.24, 2.45) is 0 Å². The van der Waals surface area contributed by atoms with Gasteiger partial charge in [-0.3, -0.25) is 10.1 Å². The Morgan fingerprint density at radius 2 is 2.23 bits per heavy atom. The predicted octanol–water partition coefficient (Wildman–Crippen LogP) is 2.65. The van der Waals surface area contributed by atoms with E-state index in [-0.39, 0.29) is 5.69 Å². The minimum atomic E-state index is -0.411. The standard InChI is InChI=1S/C9H7NO3/c1-6-5-13-9-3-2-7(10(11)12)4-8(6)9/h2-5H,1H3. The zero-order valence-electron chi connectivity index (χ0n) is 6.98. The van der Waals surface area contributed by atoms with Crippen LogP contribution in [0.3, 0.4) is 0 Å². The Bertz CT molecular complexity index is 473. The van der Waals surface area contributed by atoms with E-state index in [1.165, 1.54) is 12.1 Å². The molecule has 1 heterocycles. The monoisotopic (exact) mass is 177 g/mol. The maximum absolute atomic E-state index is 10.5. The predicted molar refractivity (Wildman–Crippen MR) is 47.6 cm³/mol. The Balaban J connectivity index is 2.72. The van der Waals surface area contributed by atoms with Gasteiger partial charge in [0, 0.05) is 17.5 Å². The topological polar surface area (TPSA) is 56.3 Å². The number of furan rings is 1. The van der Waals surface area contributed by atoms with Crippen LogP contribution >= 0.6 is 0 Å². The molecular weight excluding hydrogens is 170 g/mol. The molecule has 0 saturated heterocycles. The molecule has 0 aliphatic heterocycles. The van der Waals surface area contributed by atoms with E-state index in [9.17, 15) is 10.1 Å². The molecule has 0 bridgehead atoms. The molecule has 0 amide bonds. The van der Waals surface area contributed by atoms with E-state index in [1.807, 2.05) is 6.92 Å². The molecule has 2 aromatic rings. The van der Waals surface area contributed by atoms with E-state index < -0.39 is 4.92 Å². The highest BCUT2D eigenvalue weighted by Crippen LogP contribution is 2.24. The van der Waals surface area contributed by atoms with Crippen LogP contribution in [0.15, 0.2) is 28.9 Å². The quantitative estimate of drug-likeness (QED) is 0.497. The van der Waals surface area contributed by atoms with Crippen molar-refractivity contribution in [3.05, 3.63) is 40.1 Å². The van der Waals surface area contributed by atoms with Gasteiger partial charge < -0.3 is 4.42 Å². The van der Waals surface area contributed by atoms with Crippen LogP contribution in [0.5, 0.6) is 0 Å². The third-order valence-electron chi connectivity index (χ3n) is 1.96. The largest absolute Gasteiger partial charge is 0.464 e. The van der Waals surface area contributed by atoms with E-state index in [2.05, 4.69) is 0 Å². The van der Waals surface area contributed by atoms with E-state index in [1.54, 1.807) is 12.3 Å². The summed E-state index contributed by atoms with van der Waals surface area (Å²) in [7, 11) is 0. The molecule has 0 aliphatic carbocycles. The highest BCUT2D eigenvalue weighted by atomic mass is 16.6. The van der Waals surface area contributed by atoms with Gasteiger partial charge in [-0.05, 0) is 18.6 Å². The van der Waals surface area contributed by atoms with E-state index in [0.717, 1.165) is 10.9 Å². The number of non-ortho nitro benzene ring substituents is 1. The second-order valence-electron chi connectivity index (χ2n) is 2.86. The van der Waals surface area contributed by atoms with Gasteiger partial charge in [0.15, 0.2) is 0 Å². The van der Waals surface area contributed by atoms with Crippen molar-refractivity contribution in [1.82, 2.24) is 0 Å². The van der Waals surface area contributed by atoms with E-state index in [0.29, 0.717) is 5.58 Å². The highest BCUT2D eigenvalue weighted by Gasteiger charge is 2.09. The van der Waals surface area contributed by atoms with E-state index >= 15 is 0 Å². The van der Waals surface area contributed by atoms with Crippen LogP contribution in [0.2, 0.25) is 0 Å². The molecule has 0 spiro atoms. The van der Waals surface area contributed by atoms with Crippen LogP contribution in [0.25, 0.3) is 11.0 Å². The molecule has 1 aromatic heterocycles. The number of nitro groups is 1. The number of fused-ring (bicyclic) bond motifs is 1. The van der Waals surface area contributed by atoms with Crippen molar-refractivity contribution in [2.45, 2.75) is 6.92 Å². The second-order valence-corrected chi connectivity index (χ2v) is 2.86. The van der Waals surface area contributed by atoms with Crippen molar-refractivity contribution in [3.63, 3.8) is 0 Å². The van der Waals surface area contributed by atoms with Gasteiger partial charge in [-0.15, -0.1) is 0 Å². The van der Waals surface area contributed by atoms with Crippen molar-refractivity contribution in [2.75, 3.05) is 0 Å². The molecule has 0 fully saturated rings. The van der Waals surface area contributed by atoms with Crippen LogP contribution < -0.4 is 0 Å². The second kappa shape index (κ2) is 2.58. The average Bonchev–Trinajstić information content (AvgIpc) is 2.47. The smallest absolute Gasteiger partial charge is 0.270 e. The fourth-order valence-electron chi connectivity index (χ4n) is 1.26. The summed E-state index contributed by atoms with van der Waals surface area (Å²) in [5, 5.41) is 11.3. The SMILES string of the molecule is Cc1coc2ccc([N+](=O)[O-])cc12. The number of aryl methyl sites for hydroxylation is 1. The number of hydrogen-bond donors (Lipinski definition) is 0. The Morgan fingerprint density at radius 1 is 1.46 bits per heavy atom. The first-order valence-corrected chi connectivity index (χ1v) is 3.81. The van der Waals surface area contributed by atoms with Gasteiger partial charge in [-0.2, -0.15) is 0 Å². The summed E-state index contributed by atoms with van der Waals surface area (Å²) in [4.78, 5) is 10.0. The maximum atomic E-state index is 10.5. The molecule has 13 heavy (non-hydrogen) atoms. The molecule has 0 radical (unpaired) electrons. The number of rotatable bonds is 1. The van der Waals surface area contributed by atoms with Gasteiger partial charge >= 0.3 is 0 Å². The van der Waals surface area contributed by atoms with Crippen LogP contribution in [0.4, 0.5) is 5.69 Å². The molecule has 0 aliphatic rings. The lowest BCUT2D eigenvalue weighted by molar-refractivity contribution is -0.384. The molecular formula is C9H7NO3. The molecule has 1 aromatic carbocycles. The molecule has 66 valence electrons. The lowest BCUT2D eigenvalue weighted by Gasteiger charge is -1.91. The fraction of sp³-hybridized carbons (Fsp3) is 0.111. The molecule has 2 rings (SSSR count). The first-order valence-electron chi connectivity index (χ1n) is 3.81. The third kappa shape index (κ3) is 1.16. The lowest BCUT2D eigenvalue weighted by Crippen LogP contribution is -1.86. The number of nitrogens with zero attached hydrogens (tertiary/aromatic N) is 1. The molecule has 4 heteroatoms. The van der Waals surface area contributed by atoms with Gasteiger partial charge in [0.2, 0.25) is 0 Å². The Kier molecular flexibility index (Phi) is 1.55. The van der Waals surface area contributed by atoms with Gasteiger partial charge in [-0.1, -0.05) is 0 Å². The Hall–Kier alpha value is -1.84. The van der Waals surface area contributed by atoms with Gasteiger partial charge in [0.05, 0.1) is 11.2 Å². The number of benzene rings is 1.